The maximum Gasteiger partial charge on any atom is 0.269 e. The summed E-state index contributed by atoms with van der Waals surface area (Å²) in [4.78, 5) is 34.2. The standard InChI is InChI=1S/C26H34N6O3/c1-31(2)25-22-5-3-4-6-23(22)29-26(30-25)28-20-12-7-19(8-13-20)17-27-24(33)16-11-18-9-14-21(15-10-18)32(34)35/h9-11,14-16,19-20H,3-8,12-13,17H2,1-2H3,(H,27,33)(H,28,29,30)/b16-11+/t19-,20+. The first-order valence-corrected chi connectivity index (χ1v) is 12.4. The zero-order valence-corrected chi connectivity index (χ0v) is 20.5. The molecular formula is C26H34N6O3. The van der Waals surface area contributed by atoms with Crippen LogP contribution in [-0.4, -0.2) is 47.5 Å². The fraction of sp³-hybridized carbons (Fsp3) is 0.500. The lowest BCUT2D eigenvalue weighted by molar-refractivity contribution is -0.384. The van der Waals surface area contributed by atoms with Gasteiger partial charge in [0.05, 0.1) is 10.6 Å². The van der Waals surface area contributed by atoms with E-state index in [0.29, 0.717) is 18.5 Å². The lowest BCUT2D eigenvalue weighted by Gasteiger charge is -2.30. The molecule has 0 radical (unpaired) electrons. The molecule has 9 nitrogen and oxygen atoms in total. The Hall–Kier alpha value is -3.49. The van der Waals surface area contributed by atoms with Crippen LogP contribution in [0.5, 0.6) is 0 Å². The molecule has 1 aromatic heterocycles. The number of hydrogen-bond acceptors (Lipinski definition) is 7. The van der Waals surface area contributed by atoms with Gasteiger partial charge in [-0.3, -0.25) is 14.9 Å². The van der Waals surface area contributed by atoms with E-state index < -0.39 is 4.92 Å². The molecule has 1 fully saturated rings. The van der Waals surface area contributed by atoms with Crippen molar-refractivity contribution in [3.05, 3.63) is 57.3 Å². The number of nitro benzene ring substituents is 1. The van der Waals surface area contributed by atoms with Crippen LogP contribution in [0.25, 0.3) is 6.08 Å². The molecule has 2 N–H and O–H groups in total. The van der Waals surface area contributed by atoms with Crippen LogP contribution in [0.4, 0.5) is 17.5 Å². The Balaban J connectivity index is 1.23. The van der Waals surface area contributed by atoms with Crippen LogP contribution in [-0.2, 0) is 17.6 Å². The third-order valence-corrected chi connectivity index (χ3v) is 6.86. The van der Waals surface area contributed by atoms with Crippen molar-refractivity contribution >= 4 is 29.4 Å². The van der Waals surface area contributed by atoms with Crippen molar-refractivity contribution in [2.75, 3.05) is 30.9 Å². The fourth-order valence-corrected chi connectivity index (χ4v) is 4.89. The summed E-state index contributed by atoms with van der Waals surface area (Å²) in [6.07, 6.45) is 11.7. The van der Waals surface area contributed by atoms with Crippen molar-refractivity contribution in [1.29, 1.82) is 0 Å². The first-order chi connectivity index (χ1) is 16.9. The number of carbonyl (C=O) groups is 1. The lowest BCUT2D eigenvalue weighted by atomic mass is 9.86. The molecule has 2 aliphatic rings. The van der Waals surface area contributed by atoms with Gasteiger partial charge in [0.1, 0.15) is 5.82 Å². The third-order valence-electron chi connectivity index (χ3n) is 6.86. The SMILES string of the molecule is CN(C)c1nc(N[C@H]2CC[C@@H](CNC(=O)/C=C/c3ccc([N+](=O)[O-])cc3)CC2)nc2c1CCCC2. The number of hydrogen-bond donors (Lipinski definition) is 2. The molecule has 0 aliphatic heterocycles. The molecule has 0 spiro atoms. The predicted octanol–water partition coefficient (Wildman–Crippen LogP) is 4.13. The number of aromatic nitrogens is 2. The Morgan fingerprint density at radius 3 is 2.51 bits per heavy atom. The number of benzene rings is 1. The average molecular weight is 479 g/mol. The first-order valence-electron chi connectivity index (χ1n) is 12.4. The van der Waals surface area contributed by atoms with Crippen LogP contribution in [0.15, 0.2) is 30.3 Å². The van der Waals surface area contributed by atoms with Gasteiger partial charge in [0.25, 0.3) is 5.69 Å². The van der Waals surface area contributed by atoms with Crippen LogP contribution in [0, 0.1) is 16.0 Å². The maximum absolute atomic E-state index is 12.2. The minimum atomic E-state index is -0.439. The number of amides is 1. The molecule has 4 rings (SSSR count). The van der Waals surface area contributed by atoms with E-state index in [-0.39, 0.29) is 11.6 Å². The Bertz CT molecular complexity index is 1080. The first kappa shape index (κ1) is 24.6. The summed E-state index contributed by atoms with van der Waals surface area (Å²) in [5, 5.41) is 17.3. The summed E-state index contributed by atoms with van der Waals surface area (Å²) in [6.45, 7) is 0.649. The van der Waals surface area contributed by atoms with E-state index in [0.717, 1.165) is 55.9 Å². The van der Waals surface area contributed by atoms with Crippen LogP contribution in [0.3, 0.4) is 0 Å². The van der Waals surface area contributed by atoms with Crippen molar-refractivity contribution in [2.45, 2.75) is 57.4 Å². The van der Waals surface area contributed by atoms with E-state index >= 15 is 0 Å². The van der Waals surface area contributed by atoms with E-state index in [1.165, 1.54) is 42.3 Å². The molecule has 0 bridgehead atoms. The summed E-state index contributed by atoms with van der Waals surface area (Å²) in [5.41, 5.74) is 3.27. The fourth-order valence-electron chi connectivity index (χ4n) is 4.89. The van der Waals surface area contributed by atoms with Crippen LogP contribution < -0.4 is 15.5 Å². The molecule has 1 saturated carbocycles. The van der Waals surface area contributed by atoms with Crippen molar-refractivity contribution in [1.82, 2.24) is 15.3 Å². The molecule has 1 aromatic carbocycles. The summed E-state index contributed by atoms with van der Waals surface area (Å²) < 4.78 is 0. The quantitative estimate of drug-likeness (QED) is 0.333. The number of non-ortho nitro benzene ring substituents is 1. The van der Waals surface area contributed by atoms with E-state index in [2.05, 4.69) is 15.5 Å². The van der Waals surface area contributed by atoms with Crippen molar-refractivity contribution in [2.24, 2.45) is 5.92 Å². The van der Waals surface area contributed by atoms with Gasteiger partial charge in [-0.2, -0.15) is 4.98 Å². The van der Waals surface area contributed by atoms with Gasteiger partial charge in [-0.25, -0.2) is 4.98 Å². The Labute approximate surface area is 206 Å². The number of rotatable bonds is 8. The summed E-state index contributed by atoms with van der Waals surface area (Å²) in [7, 11) is 4.09. The number of nitro groups is 1. The highest BCUT2D eigenvalue weighted by molar-refractivity contribution is 5.91. The monoisotopic (exact) mass is 478 g/mol. The van der Waals surface area contributed by atoms with Crippen LogP contribution in [0.1, 0.15) is 55.3 Å². The normalized spacial score (nSPS) is 19.7. The van der Waals surface area contributed by atoms with Crippen LogP contribution >= 0.6 is 0 Å². The summed E-state index contributed by atoms with van der Waals surface area (Å²) in [5.74, 6) is 2.08. The number of nitrogens with zero attached hydrogens (tertiary/aromatic N) is 4. The third kappa shape index (κ3) is 6.55. The van der Waals surface area contributed by atoms with Crippen molar-refractivity contribution in [3.8, 4) is 0 Å². The van der Waals surface area contributed by atoms with Gasteiger partial charge in [0.2, 0.25) is 11.9 Å². The zero-order chi connectivity index (χ0) is 24.8. The van der Waals surface area contributed by atoms with Gasteiger partial charge in [-0.15, -0.1) is 0 Å². The molecule has 186 valence electrons. The maximum atomic E-state index is 12.2. The molecule has 1 amide bonds. The van der Waals surface area contributed by atoms with Gasteiger partial charge in [-0.1, -0.05) is 0 Å². The molecular weight excluding hydrogens is 444 g/mol. The molecule has 0 unspecified atom stereocenters. The minimum absolute atomic E-state index is 0.0352. The molecule has 9 heteroatoms. The van der Waals surface area contributed by atoms with Gasteiger partial charge in [-0.05, 0) is 81.1 Å². The highest BCUT2D eigenvalue weighted by Crippen LogP contribution is 2.30. The highest BCUT2D eigenvalue weighted by Gasteiger charge is 2.24. The van der Waals surface area contributed by atoms with Crippen LogP contribution in [0.2, 0.25) is 0 Å². The molecule has 2 aliphatic carbocycles. The van der Waals surface area contributed by atoms with Gasteiger partial charge >= 0.3 is 0 Å². The van der Waals surface area contributed by atoms with E-state index in [1.54, 1.807) is 18.2 Å². The molecule has 2 aromatic rings. The Kier molecular flexibility index (Phi) is 7.94. The number of nitrogens with one attached hydrogen (secondary N) is 2. The second kappa shape index (κ2) is 11.3. The van der Waals surface area contributed by atoms with E-state index in [1.807, 2.05) is 14.1 Å². The topological polar surface area (TPSA) is 113 Å². The molecule has 0 saturated heterocycles. The van der Waals surface area contributed by atoms with Gasteiger partial charge in [0, 0.05) is 50.5 Å². The smallest absolute Gasteiger partial charge is 0.269 e. The Morgan fingerprint density at radius 2 is 1.83 bits per heavy atom. The second-order valence-electron chi connectivity index (χ2n) is 9.69. The molecule has 0 atom stereocenters. The van der Waals surface area contributed by atoms with Crippen molar-refractivity contribution < 1.29 is 9.72 Å². The second-order valence-corrected chi connectivity index (χ2v) is 9.69. The lowest BCUT2D eigenvalue weighted by Crippen LogP contribution is -2.33. The Morgan fingerprint density at radius 1 is 1.11 bits per heavy atom. The van der Waals surface area contributed by atoms with Gasteiger partial charge in [0.15, 0.2) is 0 Å². The largest absolute Gasteiger partial charge is 0.362 e. The minimum Gasteiger partial charge on any atom is -0.362 e. The summed E-state index contributed by atoms with van der Waals surface area (Å²) >= 11 is 0. The molecule has 35 heavy (non-hydrogen) atoms. The van der Waals surface area contributed by atoms with Crippen molar-refractivity contribution in [3.63, 3.8) is 0 Å². The van der Waals surface area contributed by atoms with E-state index in [9.17, 15) is 14.9 Å². The zero-order valence-electron chi connectivity index (χ0n) is 20.5. The number of anilines is 2. The predicted molar refractivity (Wildman–Crippen MR) is 138 cm³/mol. The molecule has 1 heterocycles. The number of aryl methyl sites for hydroxylation is 1. The number of fused-ring (bicyclic) bond motifs is 1. The average Bonchev–Trinajstić information content (AvgIpc) is 2.86. The number of carbonyl (C=O) groups excluding carboxylic acids is 1. The summed E-state index contributed by atoms with van der Waals surface area (Å²) in [6, 6.07) is 6.47. The van der Waals surface area contributed by atoms with Gasteiger partial charge < -0.3 is 15.5 Å². The highest BCUT2D eigenvalue weighted by atomic mass is 16.6. The van der Waals surface area contributed by atoms with E-state index in [4.69, 9.17) is 9.97 Å².